The molecule has 0 fully saturated rings. The fourth-order valence-corrected chi connectivity index (χ4v) is 1.27. The lowest BCUT2D eigenvalue weighted by atomic mass is 10.4. The first kappa shape index (κ1) is 12.5. The van der Waals surface area contributed by atoms with Crippen LogP contribution < -0.4 is 5.53 Å². The zero-order valence-corrected chi connectivity index (χ0v) is 8.80. The highest BCUT2D eigenvalue weighted by molar-refractivity contribution is 5.67. The molecule has 0 bridgehead atoms. The summed E-state index contributed by atoms with van der Waals surface area (Å²) in [5.41, 5.74) is 2.92. The van der Waals surface area contributed by atoms with Crippen molar-refractivity contribution in [3.63, 3.8) is 0 Å². The third kappa shape index (κ3) is 4.76. The Balaban J connectivity index is 2.29. The van der Waals surface area contributed by atoms with E-state index in [1.807, 2.05) is 6.08 Å². The summed E-state index contributed by atoms with van der Waals surface area (Å²) >= 11 is 0. The number of rotatable bonds is 6. The number of nitrogens with zero attached hydrogens (tertiary/aromatic N) is 2. The van der Waals surface area contributed by atoms with Gasteiger partial charge >= 0.3 is 11.9 Å². The Bertz CT molecular complexity index is 292. The summed E-state index contributed by atoms with van der Waals surface area (Å²) in [6.45, 7) is 1.33. The third-order valence-electron chi connectivity index (χ3n) is 2.04. The zero-order chi connectivity index (χ0) is 12.0. The molecule has 16 heavy (non-hydrogen) atoms. The van der Waals surface area contributed by atoms with Crippen LogP contribution in [0.3, 0.4) is 0 Å². The van der Waals surface area contributed by atoms with Gasteiger partial charge in [-0.05, 0) is 0 Å². The number of hydrogen-bond acceptors (Lipinski definition) is 5. The van der Waals surface area contributed by atoms with Crippen LogP contribution in [-0.2, 0) is 9.59 Å². The average molecular weight is 229 g/mol. The maximum atomic E-state index is 10.4. The molecule has 7 heteroatoms. The van der Waals surface area contributed by atoms with E-state index >= 15 is 0 Å². The van der Waals surface area contributed by atoms with E-state index in [0.717, 1.165) is 0 Å². The highest BCUT2D eigenvalue weighted by atomic mass is 16.4. The van der Waals surface area contributed by atoms with Gasteiger partial charge in [-0.2, -0.15) is 5.53 Å². The number of hydrazine groups is 2. The van der Waals surface area contributed by atoms with Gasteiger partial charge in [-0.3, -0.25) is 9.59 Å². The molecule has 0 aromatic heterocycles. The summed E-state index contributed by atoms with van der Waals surface area (Å²) in [4.78, 5) is 20.7. The molecule has 0 saturated heterocycles. The lowest BCUT2D eigenvalue weighted by Crippen LogP contribution is -2.51. The molecule has 0 aromatic rings. The minimum Gasteiger partial charge on any atom is -0.481 e. The van der Waals surface area contributed by atoms with E-state index in [2.05, 4.69) is 5.53 Å². The standard InChI is InChI=1S/C9H15N3O4/c13-8(14)2-6-11-4-1-5-12(10-11)7-3-9(15)16/h1,4,10H,2-3,5-7H2,(H,13,14)(H,15,16). The Morgan fingerprint density at radius 2 is 1.81 bits per heavy atom. The Hall–Kier alpha value is -1.60. The van der Waals surface area contributed by atoms with E-state index in [4.69, 9.17) is 10.2 Å². The van der Waals surface area contributed by atoms with Crippen LogP contribution >= 0.6 is 0 Å². The van der Waals surface area contributed by atoms with Crippen LogP contribution in [0.1, 0.15) is 12.8 Å². The SMILES string of the molecule is O=C(O)CCN1C=CCN(CCC(=O)O)N1. The molecule has 90 valence electrons. The number of aliphatic carboxylic acids is 2. The van der Waals surface area contributed by atoms with E-state index in [9.17, 15) is 9.59 Å². The van der Waals surface area contributed by atoms with Gasteiger partial charge in [-0.1, -0.05) is 6.08 Å². The second-order valence-corrected chi connectivity index (χ2v) is 3.41. The lowest BCUT2D eigenvalue weighted by Gasteiger charge is -2.32. The van der Waals surface area contributed by atoms with Gasteiger partial charge in [0.2, 0.25) is 0 Å². The Morgan fingerprint density at radius 1 is 1.19 bits per heavy atom. The molecule has 0 aliphatic carbocycles. The highest BCUT2D eigenvalue weighted by Gasteiger charge is 2.13. The van der Waals surface area contributed by atoms with Crippen LogP contribution in [0.2, 0.25) is 0 Å². The van der Waals surface area contributed by atoms with Crippen molar-refractivity contribution < 1.29 is 19.8 Å². The molecule has 1 aliphatic rings. The maximum Gasteiger partial charge on any atom is 0.305 e. The van der Waals surface area contributed by atoms with Gasteiger partial charge in [0, 0.05) is 25.8 Å². The number of carbonyl (C=O) groups is 2. The van der Waals surface area contributed by atoms with Crippen molar-refractivity contribution >= 4 is 11.9 Å². The van der Waals surface area contributed by atoms with Crippen molar-refractivity contribution in [3.05, 3.63) is 12.3 Å². The zero-order valence-electron chi connectivity index (χ0n) is 8.80. The molecule has 0 spiro atoms. The molecule has 0 radical (unpaired) electrons. The number of carboxylic acids is 2. The lowest BCUT2D eigenvalue weighted by molar-refractivity contribution is -0.138. The molecular formula is C9H15N3O4. The fraction of sp³-hybridized carbons (Fsp3) is 0.556. The summed E-state index contributed by atoms with van der Waals surface area (Å²) in [5.74, 6) is -1.72. The largest absolute Gasteiger partial charge is 0.481 e. The van der Waals surface area contributed by atoms with Crippen LogP contribution in [0.4, 0.5) is 0 Å². The van der Waals surface area contributed by atoms with E-state index in [1.54, 1.807) is 16.2 Å². The van der Waals surface area contributed by atoms with Crippen molar-refractivity contribution in [1.29, 1.82) is 0 Å². The molecule has 0 atom stereocenters. The van der Waals surface area contributed by atoms with E-state index in [1.165, 1.54) is 0 Å². The predicted molar refractivity (Wildman–Crippen MR) is 55.1 cm³/mol. The number of nitrogens with one attached hydrogen (secondary N) is 1. The van der Waals surface area contributed by atoms with Crippen LogP contribution in [0.5, 0.6) is 0 Å². The summed E-state index contributed by atoms with van der Waals surface area (Å²) in [5, 5.41) is 20.4. The number of hydrogen-bond donors (Lipinski definition) is 3. The minimum absolute atomic E-state index is 0.0319. The Kier molecular flexibility index (Phi) is 4.74. The van der Waals surface area contributed by atoms with Crippen LogP contribution in [0.15, 0.2) is 12.3 Å². The van der Waals surface area contributed by atoms with Crippen LogP contribution in [0.25, 0.3) is 0 Å². The molecule has 1 aliphatic heterocycles. The first-order valence-corrected chi connectivity index (χ1v) is 4.96. The second-order valence-electron chi connectivity index (χ2n) is 3.41. The van der Waals surface area contributed by atoms with Gasteiger partial charge in [-0.15, -0.1) is 0 Å². The topological polar surface area (TPSA) is 93.1 Å². The molecule has 3 N–H and O–H groups in total. The summed E-state index contributed by atoms with van der Waals surface area (Å²) in [6, 6.07) is 0. The van der Waals surface area contributed by atoms with Crippen molar-refractivity contribution in [2.24, 2.45) is 0 Å². The molecule has 1 rings (SSSR count). The smallest absolute Gasteiger partial charge is 0.305 e. The highest BCUT2D eigenvalue weighted by Crippen LogP contribution is 1.99. The quantitative estimate of drug-likeness (QED) is 0.564. The summed E-state index contributed by atoms with van der Waals surface area (Å²) < 4.78 is 0. The van der Waals surface area contributed by atoms with Crippen molar-refractivity contribution in [2.75, 3.05) is 19.6 Å². The van der Waals surface area contributed by atoms with Gasteiger partial charge in [0.15, 0.2) is 0 Å². The third-order valence-corrected chi connectivity index (χ3v) is 2.04. The molecule has 0 aromatic carbocycles. The van der Waals surface area contributed by atoms with Crippen LogP contribution in [0, 0.1) is 0 Å². The van der Waals surface area contributed by atoms with E-state index in [0.29, 0.717) is 19.6 Å². The normalized spacial score (nSPS) is 16.4. The molecule has 0 unspecified atom stereocenters. The number of carboxylic acid groups (broad SMARTS) is 2. The van der Waals surface area contributed by atoms with Crippen LogP contribution in [-0.4, -0.2) is 51.8 Å². The van der Waals surface area contributed by atoms with Gasteiger partial charge in [-0.25, -0.2) is 5.01 Å². The fourth-order valence-electron chi connectivity index (χ4n) is 1.27. The van der Waals surface area contributed by atoms with Gasteiger partial charge in [0.05, 0.1) is 12.8 Å². The van der Waals surface area contributed by atoms with Crippen molar-refractivity contribution in [1.82, 2.24) is 15.6 Å². The first-order valence-electron chi connectivity index (χ1n) is 4.96. The van der Waals surface area contributed by atoms with Crippen molar-refractivity contribution in [3.8, 4) is 0 Å². The molecule has 7 nitrogen and oxygen atoms in total. The van der Waals surface area contributed by atoms with Gasteiger partial charge in [0.1, 0.15) is 0 Å². The minimum atomic E-state index is -0.863. The second kappa shape index (κ2) is 6.09. The van der Waals surface area contributed by atoms with Gasteiger partial charge in [0.25, 0.3) is 0 Å². The van der Waals surface area contributed by atoms with E-state index < -0.39 is 11.9 Å². The molecular weight excluding hydrogens is 214 g/mol. The van der Waals surface area contributed by atoms with Crippen molar-refractivity contribution in [2.45, 2.75) is 12.8 Å². The monoisotopic (exact) mass is 229 g/mol. The van der Waals surface area contributed by atoms with E-state index in [-0.39, 0.29) is 12.8 Å². The molecule has 1 heterocycles. The predicted octanol–water partition coefficient (Wildman–Crippen LogP) is -0.513. The molecule has 0 saturated carbocycles. The first-order chi connectivity index (χ1) is 7.58. The average Bonchev–Trinajstić information content (AvgIpc) is 2.24. The molecule has 0 amide bonds. The maximum absolute atomic E-state index is 10.4. The Labute approximate surface area is 92.9 Å². The van der Waals surface area contributed by atoms with Gasteiger partial charge < -0.3 is 15.2 Å². The Morgan fingerprint density at radius 3 is 2.44 bits per heavy atom. The summed E-state index contributed by atoms with van der Waals surface area (Å²) in [7, 11) is 0. The summed E-state index contributed by atoms with van der Waals surface area (Å²) in [6.07, 6.45) is 3.68.